The number of carbonyl (C=O) groups excluding carboxylic acids is 1. The zero-order valence-corrected chi connectivity index (χ0v) is 10.3. The van der Waals surface area contributed by atoms with Crippen LogP contribution in [0.2, 0.25) is 0 Å². The van der Waals surface area contributed by atoms with Gasteiger partial charge in [0, 0.05) is 23.3 Å². The standard InChI is InChI=1S/C15H10FNO3/c16-14-8-7-13(17(19)20)10-12(14)6-9-15(18)11-4-2-1-3-5-11/h1-10H. The molecule has 2 aromatic rings. The van der Waals surface area contributed by atoms with Crippen molar-refractivity contribution >= 4 is 17.5 Å². The van der Waals surface area contributed by atoms with Gasteiger partial charge in [-0.15, -0.1) is 0 Å². The summed E-state index contributed by atoms with van der Waals surface area (Å²) in [5.74, 6) is -0.913. The molecular formula is C15H10FNO3. The van der Waals surface area contributed by atoms with Crippen molar-refractivity contribution in [2.45, 2.75) is 0 Å². The molecule has 0 fully saturated rings. The Balaban J connectivity index is 2.25. The number of carbonyl (C=O) groups is 1. The summed E-state index contributed by atoms with van der Waals surface area (Å²) in [5.41, 5.74) is 0.247. The molecule has 2 aromatic carbocycles. The third-order valence-corrected chi connectivity index (χ3v) is 2.66. The van der Waals surface area contributed by atoms with Gasteiger partial charge in [0.15, 0.2) is 5.78 Å². The van der Waals surface area contributed by atoms with Crippen molar-refractivity contribution < 1.29 is 14.1 Å². The largest absolute Gasteiger partial charge is 0.289 e. The SMILES string of the molecule is O=C(C=Cc1cc([N+](=O)[O-])ccc1F)c1ccccc1. The highest BCUT2D eigenvalue weighted by atomic mass is 19.1. The molecule has 0 saturated heterocycles. The predicted molar refractivity (Wildman–Crippen MR) is 72.9 cm³/mol. The van der Waals surface area contributed by atoms with Crippen LogP contribution in [-0.4, -0.2) is 10.7 Å². The zero-order valence-electron chi connectivity index (χ0n) is 10.3. The summed E-state index contributed by atoms with van der Waals surface area (Å²) >= 11 is 0. The van der Waals surface area contributed by atoms with Crippen molar-refractivity contribution in [3.05, 3.63) is 81.7 Å². The number of benzene rings is 2. The second kappa shape index (κ2) is 5.88. The lowest BCUT2D eigenvalue weighted by Crippen LogP contribution is -1.94. The van der Waals surface area contributed by atoms with Crippen molar-refractivity contribution in [1.82, 2.24) is 0 Å². The fraction of sp³-hybridized carbons (Fsp3) is 0. The molecule has 0 aliphatic carbocycles. The molecular weight excluding hydrogens is 261 g/mol. The van der Waals surface area contributed by atoms with Crippen molar-refractivity contribution in [3.8, 4) is 0 Å². The van der Waals surface area contributed by atoms with E-state index in [-0.39, 0.29) is 17.0 Å². The zero-order chi connectivity index (χ0) is 14.5. The van der Waals surface area contributed by atoms with Gasteiger partial charge in [0.1, 0.15) is 5.82 Å². The number of nitro benzene ring substituents is 1. The predicted octanol–water partition coefficient (Wildman–Crippen LogP) is 3.63. The number of rotatable bonds is 4. The Morgan fingerprint density at radius 2 is 1.85 bits per heavy atom. The van der Waals surface area contributed by atoms with E-state index in [2.05, 4.69) is 0 Å². The van der Waals surface area contributed by atoms with E-state index < -0.39 is 10.7 Å². The van der Waals surface area contributed by atoms with Gasteiger partial charge >= 0.3 is 0 Å². The van der Waals surface area contributed by atoms with Crippen LogP contribution in [0.25, 0.3) is 6.08 Å². The average molecular weight is 271 g/mol. The normalized spacial score (nSPS) is 10.7. The van der Waals surface area contributed by atoms with Gasteiger partial charge in [0.25, 0.3) is 5.69 Å². The van der Waals surface area contributed by atoms with E-state index in [0.717, 1.165) is 18.2 Å². The Labute approximate surface area is 114 Å². The van der Waals surface area contributed by atoms with Crippen LogP contribution >= 0.6 is 0 Å². The first-order valence-corrected chi connectivity index (χ1v) is 5.79. The lowest BCUT2D eigenvalue weighted by atomic mass is 10.1. The van der Waals surface area contributed by atoms with Crippen molar-refractivity contribution in [1.29, 1.82) is 0 Å². The van der Waals surface area contributed by atoms with Crippen LogP contribution in [0, 0.1) is 15.9 Å². The smallest absolute Gasteiger partial charge is 0.270 e. The Morgan fingerprint density at radius 1 is 1.15 bits per heavy atom. The molecule has 0 aliphatic heterocycles. The lowest BCUT2D eigenvalue weighted by Gasteiger charge is -1.98. The summed E-state index contributed by atoms with van der Waals surface area (Å²) in [6.45, 7) is 0. The van der Waals surface area contributed by atoms with E-state index in [0.29, 0.717) is 5.56 Å². The Bertz CT molecular complexity index is 681. The van der Waals surface area contributed by atoms with Gasteiger partial charge in [0.2, 0.25) is 0 Å². The van der Waals surface area contributed by atoms with Crippen molar-refractivity contribution in [3.63, 3.8) is 0 Å². The maximum Gasteiger partial charge on any atom is 0.270 e. The highest BCUT2D eigenvalue weighted by Gasteiger charge is 2.09. The molecule has 0 heterocycles. The Kier molecular flexibility index (Phi) is 4.00. The molecule has 0 amide bonds. The monoisotopic (exact) mass is 271 g/mol. The van der Waals surface area contributed by atoms with Gasteiger partial charge in [-0.05, 0) is 18.2 Å². The molecule has 100 valence electrons. The van der Waals surface area contributed by atoms with Crippen LogP contribution in [0.3, 0.4) is 0 Å². The minimum absolute atomic E-state index is 0.00322. The molecule has 0 saturated carbocycles. The number of allylic oxidation sites excluding steroid dienone is 1. The second-order valence-corrected chi connectivity index (χ2v) is 4.03. The van der Waals surface area contributed by atoms with Crippen LogP contribution in [0.15, 0.2) is 54.6 Å². The van der Waals surface area contributed by atoms with Crippen molar-refractivity contribution in [2.24, 2.45) is 0 Å². The molecule has 0 radical (unpaired) electrons. The number of halogens is 1. The van der Waals surface area contributed by atoms with Gasteiger partial charge in [-0.25, -0.2) is 4.39 Å². The minimum Gasteiger partial charge on any atom is -0.289 e. The molecule has 0 aromatic heterocycles. The molecule has 5 heteroatoms. The lowest BCUT2D eigenvalue weighted by molar-refractivity contribution is -0.384. The highest BCUT2D eigenvalue weighted by Crippen LogP contribution is 2.18. The van der Waals surface area contributed by atoms with E-state index in [1.807, 2.05) is 0 Å². The third-order valence-electron chi connectivity index (χ3n) is 2.66. The van der Waals surface area contributed by atoms with Crippen LogP contribution in [0.4, 0.5) is 10.1 Å². The van der Waals surface area contributed by atoms with Gasteiger partial charge < -0.3 is 0 Å². The molecule has 0 atom stereocenters. The number of nitro groups is 1. The molecule has 0 aliphatic rings. The highest BCUT2D eigenvalue weighted by molar-refractivity contribution is 6.06. The number of ketones is 1. The fourth-order valence-corrected chi connectivity index (χ4v) is 1.64. The maximum absolute atomic E-state index is 13.5. The van der Waals surface area contributed by atoms with Crippen molar-refractivity contribution in [2.75, 3.05) is 0 Å². The summed E-state index contributed by atoms with van der Waals surface area (Å²) < 4.78 is 13.5. The van der Waals surface area contributed by atoms with Gasteiger partial charge in [-0.2, -0.15) is 0 Å². The number of hydrogen-bond donors (Lipinski definition) is 0. The topological polar surface area (TPSA) is 60.2 Å². The Hall–Kier alpha value is -2.82. The van der Waals surface area contributed by atoms with Crippen LogP contribution in [0.5, 0.6) is 0 Å². The van der Waals surface area contributed by atoms with Crippen LogP contribution in [0.1, 0.15) is 15.9 Å². The number of non-ortho nitro benzene ring substituents is 1. The van der Waals surface area contributed by atoms with E-state index >= 15 is 0 Å². The van der Waals surface area contributed by atoms with Crippen LogP contribution < -0.4 is 0 Å². The molecule has 0 N–H and O–H groups in total. The number of nitrogens with zero attached hydrogens (tertiary/aromatic N) is 1. The average Bonchev–Trinajstić information content (AvgIpc) is 2.46. The Morgan fingerprint density at radius 3 is 2.50 bits per heavy atom. The van der Waals surface area contributed by atoms with Crippen LogP contribution in [-0.2, 0) is 0 Å². The summed E-state index contributed by atoms with van der Waals surface area (Å²) in [7, 11) is 0. The van der Waals surface area contributed by atoms with Gasteiger partial charge in [-0.3, -0.25) is 14.9 Å². The van der Waals surface area contributed by atoms with Gasteiger partial charge in [-0.1, -0.05) is 30.3 Å². The van der Waals surface area contributed by atoms with E-state index in [9.17, 15) is 19.3 Å². The minimum atomic E-state index is -0.618. The first kappa shape index (κ1) is 13.6. The summed E-state index contributed by atoms with van der Waals surface area (Å²) in [5, 5.41) is 10.6. The summed E-state index contributed by atoms with van der Waals surface area (Å²) in [6, 6.07) is 11.7. The molecule has 2 rings (SSSR count). The third kappa shape index (κ3) is 3.14. The molecule has 20 heavy (non-hydrogen) atoms. The summed E-state index contributed by atoms with van der Waals surface area (Å²) in [4.78, 5) is 21.8. The first-order valence-electron chi connectivity index (χ1n) is 5.79. The van der Waals surface area contributed by atoms with E-state index in [1.54, 1.807) is 30.3 Å². The molecule has 4 nitrogen and oxygen atoms in total. The second-order valence-electron chi connectivity index (χ2n) is 4.03. The first-order chi connectivity index (χ1) is 9.58. The quantitative estimate of drug-likeness (QED) is 0.369. The van der Waals surface area contributed by atoms with E-state index in [1.165, 1.54) is 12.2 Å². The number of hydrogen-bond acceptors (Lipinski definition) is 3. The molecule has 0 unspecified atom stereocenters. The maximum atomic E-state index is 13.5. The molecule has 0 spiro atoms. The summed E-state index contributed by atoms with van der Waals surface area (Å²) in [6.07, 6.45) is 2.43. The van der Waals surface area contributed by atoms with Gasteiger partial charge in [0.05, 0.1) is 4.92 Å². The fourth-order valence-electron chi connectivity index (χ4n) is 1.64. The van der Waals surface area contributed by atoms with E-state index in [4.69, 9.17) is 0 Å². The molecule has 0 bridgehead atoms.